The van der Waals surface area contributed by atoms with E-state index in [4.69, 9.17) is 5.11 Å². The van der Waals surface area contributed by atoms with Crippen LogP contribution in [-0.4, -0.2) is 16.1 Å². The minimum Gasteiger partial charge on any atom is -0.478 e. The number of rotatable bonds is 2. The number of carboxylic acid groups (broad SMARTS) is 1. The molecule has 0 saturated heterocycles. The first-order valence-corrected chi connectivity index (χ1v) is 4.71. The number of hydrogen-bond acceptors (Lipinski definition) is 2. The number of nitrogens with zero attached hydrogens (tertiary/aromatic N) is 1. The predicted molar refractivity (Wildman–Crippen MR) is 56.5 cm³/mol. The second kappa shape index (κ2) is 4.29. The first-order chi connectivity index (χ1) is 8.08. The smallest absolute Gasteiger partial charge is 0.335 e. The van der Waals surface area contributed by atoms with Gasteiger partial charge in [-0.2, -0.15) is 0 Å². The highest BCUT2D eigenvalue weighted by Crippen LogP contribution is 2.24. The third kappa shape index (κ3) is 2.28. The zero-order valence-electron chi connectivity index (χ0n) is 8.52. The molecule has 1 aromatic carbocycles. The number of carbonyl (C=O) groups is 1. The van der Waals surface area contributed by atoms with Crippen LogP contribution in [0, 0.1) is 11.6 Å². The van der Waals surface area contributed by atoms with Crippen molar-refractivity contribution in [1.82, 2.24) is 4.98 Å². The summed E-state index contributed by atoms with van der Waals surface area (Å²) in [7, 11) is 0. The Morgan fingerprint density at radius 3 is 2.65 bits per heavy atom. The number of halogens is 2. The summed E-state index contributed by atoms with van der Waals surface area (Å²) < 4.78 is 26.6. The van der Waals surface area contributed by atoms with E-state index in [1.54, 1.807) is 0 Å². The number of carboxylic acids is 1. The maximum absolute atomic E-state index is 13.4. The number of aromatic nitrogens is 1. The molecule has 0 aliphatic rings. The minimum absolute atomic E-state index is 0.113. The Kier molecular flexibility index (Phi) is 2.82. The van der Waals surface area contributed by atoms with Crippen molar-refractivity contribution in [2.24, 2.45) is 0 Å². The van der Waals surface area contributed by atoms with E-state index < -0.39 is 17.6 Å². The number of pyridine rings is 1. The molecule has 0 bridgehead atoms. The number of hydrogen-bond donors (Lipinski definition) is 1. The maximum Gasteiger partial charge on any atom is 0.335 e. The summed E-state index contributed by atoms with van der Waals surface area (Å²) >= 11 is 0. The fourth-order valence-corrected chi connectivity index (χ4v) is 1.48. The zero-order chi connectivity index (χ0) is 12.4. The molecule has 5 heteroatoms. The van der Waals surface area contributed by atoms with Crippen LogP contribution < -0.4 is 0 Å². The summed E-state index contributed by atoms with van der Waals surface area (Å²) in [5, 5.41) is 8.78. The van der Waals surface area contributed by atoms with Gasteiger partial charge >= 0.3 is 5.97 Å². The molecule has 0 radical (unpaired) electrons. The monoisotopic (exact) mass is 235 g/mol. The number of aromatic carboxylic acids is 1. The second-order valence-corrected chi connectivity index (χ2v) is 3.39. The van der Waals surface area contributed by atoms with Gasteiger partial charge in [0.25, 0.3) is 0 Å². The summed E-state index contributed by atoms with van der Waals surface area (Å²) in [4.78, 5) is 14.3. The summed E-state index contributed by atoms with van der Waals surface area (Å²) in [5.41, 5.74) is 0.0560. The van der Waals surface area contributed by atoms with Crippen LogP contribution >= 0.6 is 0 Å². The Morgan fingerprint density at radius 2 is 2.00 bits per heavy atom. The standard InChI is InChI=1S/C12H7F2NO2/c13-9-4-7(3-8(5-9)12(16)17)10-1-2-15-6-11(10)14/h1-6H,(H,16,17). The third-order valence-corrected chi connectivity index (χ3v) is 2.23. The van der Waals surface area contributed by atoms with E-state index in [1.807, 2.05) is 0 Å². The van der Waals surface area contributed by atoms with E-state index in [9.17, 15) is 13.6 Å². The van der Waals surface area contributed by atoms with Gasteiger partial charge in [0.15, 0.2) is 0 Å². The van der Waals surface area contributed by atoms with Gasteiger partial charge in [-0.05, 0) is 29.8 Å². The molecule has 0 unspecified atom stereocenters. The molecule has 3 nitrogen and oxygen atoms in total. The van der Waals surface area contributed by atoms with Gasteiger partial charge in [-0.25, -0.2) is 13.6 Å². The molecule has 2 rings (SSSR count). The largest absolute Gasteiger partial charge is 0.478 e. The summed E-state index contributed by atoms with van der Waals surface area (Å²) in [6.07, 6.45) is 2.34. The van der Waals surface area contributed by atoms with Crippen LogP contribution in [0.2, 0.25) is 0 Å². The van der Waals surface area contributed by atoms with E-state index in [2.05, 4.69) is 4.98 Å². The quantitative estimate of drug-likeness (QED) is 0.870. The average Bonchev–Trinajstić information content (AvgIpc) is 2.28. The second-order valence-electron chi connectivity index (χ2n) is 3.39. The highest BCUT2D eigenvalue weighted by Gasteiger charge is 2.11. The molecule has 86 valence electrons. The van der Waals surface area contributed by atoms with Gasteiger partial charge in [-0.3, -0.25) is 4.98 Å². The van der Waals surface area contributed by atoms with Crippen molar-refractivity contribution in [1.29, 1.82) is 0 Å². The highest BCUT2D eigenvalue weighted by atomic mass is 19.1. The van der Waals surface area contributed by atoms with E-state index in [1.165, 1.54) is 18.3 Å². The zero-order valence-corrected chi connectivity index (χ0v) is 8.52. The first kappa shape index (κ1) is 11.2. The molecule has 0 saturated carbocycles. The molecule has 0 atom stereocenters. The minimum atomic E-state index is -1.26. The molecule has 0 amide bonds. The maximum atomic E-state index is 13.4. The highest BCUT2D eigenvalue weighted by molar-refractivity contribution is 5.89. The average molecular weight is 235 g/mol. The van der Waals surface area contributed by atoms with Crippen LogP contribution in [0.1, 0.15) is 10.4 Å². The third-order valence-electron chi connectivity index (χ3n) is 2.23. The normalized spacial score (nSPS) is 10.2. The van der Waals surface area contributed by atoms with Gasteiger partial charge in [-0.15, -0.1) is 0 Å². The molecule has 1 aromatic heterocycles. The van der Waals surface area contributed by atoms with Crippen molar-refractivity contribution in [3.63, 3.8) is 0 Å². The molecule has 0 spiro atoms. The van der Waals surface area contributed by atoms with Crippen molar-refractivity contribution in [2.75, 3.05) is 0 Å². The molecule has 17 heavy (non-hydrogen) atoms. The number of benzene rings is 1. The van der Waals surface area contributed by atoms with E-state index >= 15 is 0 Å². The fourth-order valence-electron chi connectivity index (χ4n) is 1.48. The topological polar surface area (TPSA) is 50.2 Å². The van der Waals surface area contributed by atoms with Gasteiger partial charge < -0.3 is 5.11 Å². The van der Waals surface area contributed by atoms with Gasteiger partial charge in [0.2, 0.25) is 0 Å². The molecular formula is C12H7F2NO2. The molecule has 0 aliphatic heterocycles. The van der Waals surface area contributed by atoms with E-state index in [-0.39, 0.29) is 16.7 Å². The van der Waals surface area contributed by atoms with Crippen LogP contribution in [0.5, 0.6) is 0 Å². The first-order valence-electron chi connectivity index (χ1n) is 4.71. The van der Waals surface area contributed by atoms with E-state index in [0.717, 1.165) is 18.3 Å². The molecular weight excluding hydrogens is 228 g/mol. The molecule has 2 aromatic rings. The van der Waals surface area contributed by atoms with Crippen LogP contribution in [0.3, 0.4) is 0 Å². The van der Waals surface area contributed by atoms with Crippen molar-refractivity contribution >= 4 is 5.97 Å². The predicted octanol–water partition coefficient (Wildman–Crippen LogP) is 2.73. The van der Waals surface area contributed by atoms with Gasteiger partial charge in [-0.1, -0.05) is 0 Å². The summed E-state index contributed by atoms with van der Waals surface area (Å²) in [6, 6.07) is 4.52. The lowest BCUT2D eigenvalue weighted by Crippen LogP contribution is -1.98. The Labute approximate surface area is 95.4 Å². The SMILES string of the molecule is O=C(O)c1cc(F)cc(-c2ccncc2F)c1. The molecule has 0 aliphatic carbocycles. The van der Waals surface area contributed by atoms with Crippen LogP contribution in [0.4, 0.5) is 8.78 Å². The molecule has 1 heterocycles. The summed E-state index contributed by atoms with van der Waals surface area (Å²) in [5.74, 6) is -2.62. The lowest BCUT2D eigenvalue weighted by molar-refractivity contribution is 0.0696. The Hall–Kier alpha value is -2.30. The lowest BCUT2D eigenvalue weighted by atomic mass is 10.0. The van der Waals surface area contributed by atoms with Crippen molar-refractivity contribution < 1.29 is 18.7 Å². The molecule has 1 N–H and O–H groups in total. The fraction of sp³-hybridized carbons (Fsp3) is 0. The van der Waals surface area contributed by atoms with Gasteiger partial charge in [0.05, 0.1) is 11.8 Å². The van der Waals surface area contributed by atoms with Gasteiger partial charge in [0, 0.05) is 11.8 Å². The summed E-state index contributed by atoms with van der Waals surface area (Å²) in [6.45, 7) is 0. The van der Waals surface area contributed by atoms with Crippen molar-refractivity contribution in [3.8, 4) is 11.1 Å². The molecule has 0 fully saturated rings. The Balaban J connectivity index is 2.60. The Bertz CT molecular complexity index is 584. The Morgan fingerprint density at radius 1 is 1.24 bits per heavy atom. The van der Waals surface area contributed by atoms with Crippen LogP contribution in [0.15, 0.2) is 36.7 Å². The van der Waals surface area contributed by atoms with Crippen LogP contribution in [0.25, 0.3) is 11.1 Å². The van der Waals surface area contributed by atoms with E-state index in [0.29, 0.717) is 0 Å². The lowest BCUT2D eigenvalue weighted by Gasteiger charge is -2.04. The van der Waals surface area contributed by atoms with Crippen molar-refractivity contribution in [2.45, 2.75) is 0 Å². The van der Waals surface area contributed by atoms with Crippen molar-refractivity contribution in [3.05, 3.63) is 53.9 Å². The van der Waals surface area contributed by atoms with Crippen LogP contribution in [-0.2, 0) is 0 Å². The van der Waals surface area contributed by atoms with Gasteiger partial charge in [0.1, 0.15) is 11.6 Å².